The van der Waals surface area contributed by atoms with Gasteiger partial charge in [0.15, 0.2) is 0 Å². The minimum atomic E-state index is -0.929. The van der Waals surface area contributed by atoms with Gasteiger partial charge in [-0.15, -0.1) is 0 Å². The molecule has 0 fully saturated rings. The van der Waals surface area contributed by atoms with Gasteiger partial charge in [0.25, 0.3) is 0 Å². The SMILES string of the molecule is Cc1cc(C(C)(C)C)n(C/C=C/C(=O)O)n1. The number of carboxylic acids is 1. The topological polar surface area (TPSA) is 55.1 Å². The van der Waals surface area contributed by atoms with Crippen molar-refractivity contribution < 1.29 is 9.90 Å². The second kappa shape index (κ2) is 4.51. The van der Waals surface area contributed by atoms with E-state index < -0.39 is 5.97 Å². The van der Waals surface area contributed by atoms with E-state index in [0.29, 0.717) is 6.54 Å². The lowest BCUT2D eigenvalue weighted by Crippen LogP contribution is -2.18. The van der Waals surface area contributed by atoms with E-state index in [1.54, 1.807) is 6.08 Å². The molecule has 0 spiro atoms. The van der Waals surface area contributed by atoms with Crippen molar-refractivity contribution in [3.8, 4) is 0 Å². The van der Waals surface area contributed by atoms with Gasteiger partial charge in [-0.3, -0.25) is 4.68 Å². The van der Waals surface area contributed by atoms with E-state index in [-0.39, 0.29) is 5.41 Å². The number of aromatic nitrogens is 2. The maximum absolute atomic E-state index is 10.4. The van der Waals surface area contributed by atoms with Crippen LogP contribution in [0.15, 0.2) is 18.2 Å². The lowest BCUT2D eigenvalue weighted by atomic mass is 9.92. The predicted octanol–water partition coefficient (Wildman–Crippen LogP) is 2.13. The average Bonchev–Trinajstić information content (AvgIpc) is 2.45. The molecule has 1 N–H and O–H groups in total. The molecular weight excluding hydrogens is 204 g/mol. The van der Waals surface area contributed by atoms with Gasteiger partial charge in [-0.2, -0.15) is 5.10 Å². The summed E-state index contributed by atoms with van der Waals surface area (Å²) in [4.78, 5) is 10.4. The van der Waals surface area contributed by atoms with Crippen LogP contribution >= 0.6 is 0 Å². The van der Waals surface area contributed by atoms with Gasteiger partial charge < -0.3 is 5.11 Å². The van der Waals surface area contributed by atoms with Crippen LogP contribution in [0.3, 0.4) is 0 Å². The molecule has 88 valence electrons. The van der Waals surface area contributed by atoms with E-state index in [1.807, 2.05) is 17.7 Å². The third-order valence-electron chi connectivity index (χ3n) is 2.21. The van der Waals surface area contributed by atoms with E-state index >= 15 is 0 Å². The average molecular weight is 222 g/mol. The smallest absolute Gasteiger partial charge is 0.328 e. The zero-order chi connectivity index (χ0) is 12.3. The van der Waals surface area contributed by atoms with Crippen LogP contribution in [0.25, 0.3) is 0 Å². The van der Waals surface area contributed by atoms with E-state index in [0.717, 1.165) is 17.5 Å². The summed E-state index contributed by atoms with van der Waals surface area (Å²) in [7, 11) is 0. The van der Waals surface area contributed by atoms with E-state index in [1.165, 1.54) is 0 Å². The Bertz CT molecular complexity index is 411. The van der Waals surface area contributed by atoms with Gasteiger partial charge in [0, 0.05) is 17.2 Å². The third kappa shape index (κ3) is 3.22. The first-order valence-corrected chi connectivity index (χ1v) is 5.25. The fraction of sp³-hybridized carbons (Fsp3) is 0.500. The molecule has 0 aliphatic heterocycles. The number of carbonyl (C=O) groups is 1. The molecule has 0 atom stereocenters. The normalized spacial score (nSPS) is 12.2. The molecule has 1 heterocycles. The molecule has 0 aliphatic rings. The monoisotopic (exact) mass is 222 g/mol. The lowest BCUT2D eigenvalue weighted by Gasteiger charge is -2.19. The number of carboxylic acid groups (broad SMARTS) is 1. The van der Waals surface area contributed by atoms with Gasteiger partial charge in [-0.05, 0) is 13.0 Å². The van der Waals surface area contributed by atoms with E-state index in [4.69, 9.17) is 5.11 Å². The molecule has 16 heavy (non-hydrogen) atoms. The van der Waals surface area contributed by atoms with Gasteiger partial charge in [0.05, 0.1) is 12.2 Å². The number of nitrogens with zero attached hydrogens (tertiary/aromatic N) is 2. The molecule has 4 nitrogen and oxygen atoms in total. The van der Waals surface area contributed by atoms with Crippen LogP contribution in [0.4, 0.5) is 0 Å². The number of hydrogen-bond acceptors (Lipinski definition) is 2. The van der Waals surface area contributed by atoms with Crippen LogP contribution in [0, 0.1) is 6.92 Å². The Labute approximate surface area is 95.6 Å². The van der Waals surface area contributed by atoms with Crippen LogP contribution in [-0.4, -0.2) is 20.9 Å². The van der Waals surface area contributed by atoms with Crippen LogP contribution in [0.5, 0.6) is 0 Å². The zero-order valence-electron chi connectivity index (χ0n) is 10.2. The molecule has 0 radical (unpaired) electrons. The van der Waals surface area contributed by atoms with Crippen molar-refractivity contribution in [1.29, 1.82) is 0 Å². The Morgan fingerprint density at radius 1 is 1.56 bits per heavy atom. The molecule has 1 aromatic rings. The highest BCUT2D eigenvalue weighted by Crippen LogP contribution is 2.22. The van der Waals surface area contributed by atoms with Crippen molar-refractivity contribution in [2.24, 2.45) is 0 Å². The zero-order valence-corrected chi connectivity index (χ0v) is 10.2. The van der Waals surface area contributed by atoms with Crippen molar-refractivity contribution >= 4 is 5.97 Å². The summed E-state index contributed by atoms with van der Waals surface area (Å²) in [5.41, 5.74) is 2.08. The van der Waals surface area contributed by atoms with Gasteiger partial charge in [-0.25, -0.2) is 4.79 Å². The third-order valence-corrected chi connectivity index (χ3v) is 2.21. The highest BCUT2D eigenvalue weighted by atomic mass is 16.4. The predicted molar refractivity (Wildman–Crippen MR) is 62.4 cm³/mol. The summed E-state index contributed by atoms with van der Waals surface area (Å²) in [6.07, 6.45) is 2.74. The van der Waals surface area contributed by atoms with Crippen molar-refractivity contribution in [3.63, 3.8) is 0 Å². The molecule has 0 aromatic carbocycles. The molecular formula is C12H18N2O2. The Morgan fingerprint density at radius 2 is 2.19 bits per heavy atom. The number of aryl methyl sites for hydroxylation is 1. The fourth-order valence-electron chi connectivity index (χ4n) is 1.54. The van der Waals surface area contributed by atoms with E-state index in [2.05, 4.69) is 25.9 Å². The maximum Gasteiger partial charge on any atom is 0.328 e. The van der Waals surface area contributed by atoms with Gasteiger partial charge in [-0.1, -0.05) is 26.8 Å². The highest BCUT2D eigenvalue weighted by molar-refractivity contribution is 5.79. The molecule has 0 aliphatic carbocycles. The molecule has 1 aromatic heterocycles. The van der Waals surface area contributed by atoms with Crippen LogP contribution in [-0.2, 0) is 16.8 Å². The molecule has 1 rings (SSSR count). The van der Waals surface area contributed by atoms with Crippen molar-refractivity contribution in [3.05, 3.63) is 29.6 Å². The van der Waals surface area contributed by atoms with Crippen molar-refractivity contribution in [2.45, 2.75) is 39.7 Å². The van der Waals surface area contributed by atoms with Crippen LogP contribution in [0.1, 0.15) is 32.2 Å². The minimum Gasteiger partial charge on any atom is -0.478 e. The second-order valence-electron chi connectivity index (χ2n) is 4.84. The van der Waals surface area contributed by atoms with Crippen molar-refractivity contribution in [2.75, 3.05) is 0 Å². The maximum atomic E-state index is 10.4. The molecule has 0 amide bonds. The molecule has 0 saturated carbocycles. The second-order valence-corrected chi connectivity index (χ2v) is 4.84. The summed E-state index contributed by atoms with van der Waals surface area (Å²) in [5.74, 6) is -0.929. The molecule has 4 heteroatoms. The fourth-order valence-corrected chi connectivity index (χ4v) is 1.54. The Kier molecular flexibility index (Phi) is 3.52. The first-order chi connectivity index (χ1) is 7.30. The lowest BCUT2D eigenvalue weighted by molar-refractivity contribution is -0.131. The summed E-state index contributed by atoms with van der Waals surface area (Å²) in [5, 5.41) is 12.9. The van der Waals surface area contributed by atoms with Gasteiger partial charge >= 0.3 is 5.97 Å². The van der Waals surface area contributed by atoms with E-state index in [9.17, 15) is 4.79 Å². The summed E-state index contributed by atoms with van der Waals surface area (Å²) >= 11 is 0. The van der Waals surface area contributed by atoms with Gasteiger partial charge in [0.1, 0.15) is 0 Å². The largest absolute Gasteiger partial charge is 0.478 e. The number of aliphatic carboxylic acids is 1. The highest BCUT2D eigenvalue weighted by Gasteiger charge is 2.19. The summed E-state index contributed by atoms with van der Waals surface area (Å²) in [6.45, 7) is 8.77. The Hall–Kier alpha value is -1.58. The molecule has 0 unspecified atom stereocenters. The first-order valence-electron chi connectivity index (χ1n) is 5.25. The van der Waals surface area contributed by atoms with Crippen LogP contribution < -0.4 is 0 Å². The summed E-state index contributed by atoms with van der Waals surface area (Å²) in [6, 6.07) is 2.04. The number of rotatable bonds is 3. The van der Waals surface area contributed by atoms with Crippen molar-refractivity contribution in [1.82, 2.24) is 9.78 Å². The first kappa shape index (κ1) is 12.5. The van der Waals surface area contributed by atoms with Crippen LogP contribution in [0.2, 0.25) is 0 Å². The summed E-state index contributed by atoms with van der Waals surface area (Å²) < 4.78 is 1.84. The molecule has 0 saturated heterocycles. The number of hydrogen-bond donors (Lipinski definition) is 1. The molecule has 0 bridgehead atoms. The minimum absolute atomic E-state index is 0.0122. The standard InChI is InChI=1S/C12H18N2O2/c1-9-8-10(12(2,3)4)14(13-9)7-5-6-11(15)16/h5-6,8H,7H2,1-4H3,(H,15,16)/b6-5+. The Balaban J connectivity index is 2.92. The number of allylic oxidation sites excluding steroid dienone is 1. The van der Waals surface area contributed by atoms with Gasteiger partial charge in [0.2, 0.25) is 0 Å². The Morgan fingerprint density at radius 3 is 2.69 bits per heavy atom. The quantitative estimate of drug-likeness (QED) is 0.797.